The van der Waals surface area contributed by atoms with Crippen LogP contribution in [0.1, 0.15) is 11.1 Å². The first-order chi connectivity index (χ1) is 13.0. The Bertz CT molecular complexity index is 1150. The Morgan fingerprint density at radius 3 is 2.48 bits per heavy atom. The van der Waals surface area contributed by atoms with Gasteiger partial charge >= 0.3 is 0 Å². The maximum absolute atomic E-state index is 9.94. The van der Waals surface area contributed by atoms with Gasteiger partial charge in [-0.15, -0.1) is 0 Å². The minimum atomic E-state index is 0.237. The van der Waals surface area contributed by atoms with Crippen LogP contribution in [-0.2, 0) is 0 Å². The minimum absolute atomic E-state index is 0.237. The molecule has 0 aliphatic heterocycles. The van der Waals surface area contributed by atoms with E-state index in [1.165, 1.54) is 5.56 Å². The van der Waals surface area contributed by atoms with Crippen molar-refractivity contribution >= 4 is 10.8 Å². The van der Waals surface area contributed by atoms with Gasteiger partial charge in [0.25, 0.3) is 0 Å². The van der Waals surface area contributed by atoms with Crippen LogP contribution in [-0.4, -0.2) is 17.2 Å². The summed E-state index contributed by atoms with van der Waals surface area (Å²) >= 11 is 0. The molecule has 0 saturated carbocycles. The molecular weight excluding hydrogens is 334 g/mol. The topological polar surface area (TPSA) is 42.4 Å². The monoisotopic (exact) mass is 355 g/mol. The van der Waals surface area contributed by atoms with Gasteiger partial charge in [-0.2, -0.15) is 0 Å². The van der Waals surface area contributed by atoms with E-state index in [1.807, 2.05) is 30.3 Å². The number of pyridine rings is 1. The van der Waals surface area contributed by atoms with Crippen molar-refractivity contribution in [3.05, 3.63) is 77.9 Å². The smallest absolute Gasteiger partial charge is 0.119 e. The van der Waals surface area contributed by atoms with Crippen LogP contribution in [0.3, 0.4) is 0 Å². The van der Waals surface area contributed by atoms with E-state index < -0.39 is 0 Å². The van der Waals surface area contributed by atoms with Crippen molar-refractivity contribution in [1.29, 1.82) is 0 Å². The minimum Gasteiger partial charge on any atom is -0.508 e. The number of hydrogen-bond donors (Lipinski definition) is 1. The molecule has 3 nitrogen and oxygen atoms in total. The highest BCUT2D eigenvalue weighted by molar-refractivity contribution is 5.97. The highest BCUT2D eigenvalue weighted by atomic mass is 16.5. The highest BCUT2D eigenvalue weighted by Gasteiger charge is 2.12. The van der Waals surface area contributed by atoms with Gasteiger partial charge in [0.2, 0.25) is 0 Å². The summed E-state index contributed by atoms with van der Waals surface area (Å²) in [5.74, 6) is 1.07. The lowest BCUT2D eigenvalue weighted by molar-refractivity contribution is 0.414. The van der Waals surface area contributed by atoms with Crippen molar-refractivity contribution < 1.29 is 9.84 Å². The van der Waals surface area contributed by atoms with Gasteiger partial charge in [-0.25, -0.2) is 4.98 Å². The Labute approximate surface area is 158 Å². The number of aryl methyl sites for hydroxylation is 2. The molecule has 0 fully saturated rings. The summed E-state index contributed by atoms with van der Waals surface area (Å²) in [6, 6.07) is 21.8. The lowest BCUT2D eigenvalue weighted by Crippen LogP contribution is -1.94. The average molecular weight is 355 g/mol. The summed E-state index contributed by atoms with van der Waals surface area (Å²) in [5, 5.41) is 12.1. The van der Waals surface area contributed by atoms with Crippen LogP contribution >= 0.6 is 0 Å². The van der Waals surface area contributed by atoms with Crippen LogP contribution in [0.5, 0.6) is 11.5 Å². The standard InChI is InChI=1S/C24H21NO2/c1-15-7-9-22-18(11-15)14-23(21-10-8-20(27-3)12-16(21)2)25-24(22)17-5-4-6-19(26)13-17/h4-14,26H,1-3H3. The number of aromatic nitrogens is 1. The normalized spacial score (nSPS) is 10.9. The van der Waals surface area contributed by atoms with E-state index in [1.54, 1.807) is 19.2 Å². The molecule has 27 heavy (non-hydrogen) atoms. The van der Waals surface area contributed by atoms with Crippen LogP contribution in [0.15, 0.2) is 66.7 Å². The Morgan fingerprint density at radius 2 is 1.74 bits per heavy atom. The fraction of sp³-hybridized carbons (Fsp3) is 0.125. The zero-order valence-corrected chi connectivity index (χ0v) is 15.7. The van der Waals surface area contributed by atoms with E-state index in [4.69, 9.17) is 9.72 Å². The maximum atomic E-state index is 9.94. The van der Waals surface area contributed by atoms with Gasteiger partial charge in [0, 0.05) is 16.5 Å². The van der Waals surface area contributed by atoms with E-state index >= 15 is 0 Å². The van der Waals surface area contributed by atoms with Crippen LogP contribution in [0.4, 0.5) is 0 Å². The van der Waals surface area contributed by atoms with Gasteiger partial charge in [0.05, 0.1) is 18.5 Å². The zero-order valence-electron chi connectivity index (χ0n) is 15.7. The number of fused-ring (bicyclic) bond motifs is 1. The SMILES string of the molecule is COc1ccc(-c2cc3cc(C)ccc3c(-c3cccc(O)c3)n2)c(C)c1. The maximum Gasteiger partial charge on any atom is 0.119 e. The highest BCUT2D eigenvalue weighted by Crippen LogP contribution is 2.34. The lowest BCUT2D eigenvalue weighted by atomic mass is 9.98. The third-order valence-corrected chi connectivity index (χ3v) is 4.82. The molecular formula is C24H21NO2. The first-order valence-electron chi connectivity index (χ1n) is 8.91. The van der Waals surface area contributed by atoms with Gasteiger partial charge in [0.15, 0.2) is 0 Å². The second-order valence-corrected chi connectivity index (χ2v) is 6.81. The zero-order chi connectivity index (χ0) is 19.0. The second-order valence-electron chi connectivity index (χ2n) is 6.81. The van der Waals surface area contributed by atoms with Gasteiger partial charge in [-0.1, -0.05) is 35.9 Å². The number of benzene rings is 3. The van der Waals surface area contributed by atoms with Crippen LogP contribution in [0.25, 0.3) is 33.3 Å². The van der Waals surface area contributed by atoms with Gasteiger partial charge in [-0.05, 0) is 61.2 Å². The van der Waals surface area contributed by atoms with Crippen molar-refractivity contribution in [1.82, 2.24) is 4.98 Å². The molecule has 1 N–H and O–H groups in total. The number of rotatable bonds is 3. The summed E-state index contributed by atoms with van der Waals surface area (Å²) in [6.45, 7) is 4.15. The van der Waals surface area contributed by atoms with E-state index in [2.05, 4.69) is 38.1 Å². The van der Waals surface area contributed by atoms with Crippen molar-refractivity contribution in [2.24, 2.45) is 0 Å². The number of hydrogen-bond acceptors (Lipinski definition) is 3. The quantitative estimate of drug-likeness (QED) is 0.497. The third kappa shape index (κ3) is 3.24. The molecule has 3 aromatic carbocycles. The van der Waals surface area contributed by atoms with Crippen molar-refractivity contribution in [3.8, 4) is 34.0 Å². The Hall–Kier alpha value is -3.33. The number of phenolic OH excluding ortho intramolecular Hbond substituents is 1. The summed E-state index contributed by atoms with van der Waals surface area (Å²) < 4.78 is 5.33. The third-order valence-electron chi connectivity index (χ3n) is 4.82. The molecule has 4 aromatic rings. The fourth-order valence-corrected chi connectivity index (χ4v) is 3.44. The number of methoxy groups -OCH3 is 1. The second kappa shape index (κ2) is 6.76. The first kappa shape index (κ1) is 17.1. The molecule has 4 rings (SSSR count). The van der Waals surface area contributed by atoms with Gasteiger partial charge < -0.3 is 9.84 Å². The predicted octanol–water partition coefficient (Wildman–Crippen LogP) is 5.90. The summed E-state index contributed by atoms with van der Waals surface area (Å²) in [5.41, 5.74) is 6.06. The molecule has 0 spiro atoms. The van der Waals surface area contributed by atoms with E-state index in [0.717, 1.165) is 44.6 Å². The number of phenols is 1. The number of aromatic hydroxyl groups is 1. The molecule has 1 aromatic heterocycles. The van der Waals surface area contributed by atoms with Crippen LogP contribution < -0.4 is 4.74 Å². The predicted molar refractivity (Wildman–Crippen MR) is 110 cm³/mol. The molecule has 0 amide bonds. The van der Waals surface area contributed by atoms with Gasteiger partial charge in [-0.3, -0.25) is 0 Å². The summed E-state index contributed by atoms with van der Waals surface area (Å²) in [4.78, 5) is 4.98. The van der Waals surface area contributed by atoms with E-state index in [0.29, 0.717) is 0 Å². The number of nitrogens with zero attached hydrogens (tertiary/aromatic N) is 1. The van der Waals surface area contributed by atoms with E-state index in [-0.39, 0.29) is 5.75 Å². The summed E-state index contributed by atoms with van der Waals surface area (Å²) in [7, 11) is 1.67. The molecule has 134 valence electrons. The van der Waals surface area contributed by atoms with Crippen molar-refractivity contribution in [2.45, 2.75) is 13.8 Å². The molecule has 0 aliphatic carbocycles. The Balaban J connectivity index is 2.00. The van der Waals surface area contributed by atoms with Crippen molar-refractivity contribution in [2.75, 3.05) is 7.11 Å². The molecule has 0 saturated heterocycles. The molecule has 0 radical (unpaired) electrons. The molecule has 0 unspecified atom stereocenters. The number of ether oxygens (including phenoxy) is 1. The van der Waals surface area contributed by atoms with Crippen LogP contribution in [0, 0.1) is 13.8 Å². The molecule has 0 bridgehead atoms. The largest absolute Gasteiger partial charge is 0.508 e. The van der Waals surface area contributed by atoms with Gasteiger partial charge in [0.1, 0.15) is 11.5 Å². The molecule has 0 aliphatic rings. The average Bonchev–Trinajstić information content (AvgIpc) is 2.66. The summed E-state index contributed by atoms with van der Waals surface area (Å²) in [6.07, 6.45) is 0. The Morgan fingerprint density at radius 1 is 0.889 bits per heavy atom. The molecule has 3 heteroatoms. The molecule has 0 atom stereocenters. The Kier molecular flexibility index (Phi) is 4.28. The fourth-order valence-electron chi connectivity index (χ4n) is 3.44. The first-order valence-corrected chi connectivity index (χ1v) is 8.91. The van der Waals surface area contributed by atoms with E-state index in [9.17, 15) is 5.11 Å². The lowest BCUT2D eigenvalue weighted by Gasteiger charge is -2.13. The molecule has 1 heterocycles. The van der Waals surface area contributed by atoms with Crippen molar-refractivity contribution in [3.63, 3.8) is 0 Å². The van der Waals surface area contributed by atoms with Crippen LogP contribution in [0.2, 0.25) is 0 Å².